The highest BCUT2D eigenvalue weighted by Gasteiger charge is 2.26. The van der Waals surface area contributed by atoms with Gasteiger partial charge in [0.25, 0.3) is 0 Å². The number of hydrogen-bond acceptors (Lipinski definition) is 4. The molecule has 0 bridgehead atoms. The number of nitrogens with one attached hydrogen (secondary N) is 1. The van der Waals surface area contributed by atoms with E-state index in [1.54, 1.807) is 4.31 Å². The van der Waals surface area contributed by atoms with Gasteiger partial charge in [0.1, 0.15) is 0 Å². The van der Waals surface area contributed by atoms with Crippen molar-refractivity contribution < 1.29 is 13.2 Å². The molecule has 1 amide bonds. The first-order valence-corrected chi connectivity index (χ1v) is 12.0. The molecule has 158 valence electrons. The smallest absolute Gasteiger partial charge is 0.243 e. The van der Waals surface area contributed by atoms with Crippen LogP contribution in [-0.4, -0.2) is 56.3 Å². The first-order chi connectivity index (χ1) is 13.4. The Kier molecular flexibility index (Phi) is 9.21. The molecule has 1 aromatic carbocycles. The lowest BCUT2D eigenvalue weighted by atomic mass is 10.2. The third-order valence-corrected chi connectivity index (χ3v) is 7.28. The number of amides is 1. The fourth-order valence-corrected chi connectivity index (χ4v) is 5.02. The maximum Gasteiger partial charge on any atom is 0.243 e. The summed E-state index contributed by atoms with van der Waals surface area (Å²) in [6.07, 6.45) is 5.97. The monoisotopic (exact) mass is 429 g/mol. The Morgan fingerprint density at radius 1 is 1.18 bits per heavy atom. The molecular weight excluding hydrogens is 398 g/mol. The molecule has 1 saturated heterocycles. The van der Waals surface area contributed by atoms with Gasteiger partial charge in [-0.15, -0.1) is 0 Å². The van der Waals surface area contributed by atoms with Gasteiger partial charge in [-0.3, -0.25) is 9.69 Å². The number of unbranched alkanes of at least 4 members (excludes halogenated alkanes) is 1. The average molecular weight is 430 g/mol. The summed E-state index contributed by atoms with van der Waals surface area (Å²) in [6, 6.07) is 4.52. The molecule has 0 spiro atoms. The van der Waals surface area contributed by atoms with E-state index in [0.717, 1.165) is 51.6 Å². The lowest BCUT2D eigenvalue weighted by molar-refractivity contribution is -0.117. The van der Waals surface area contributed by atoms with E-state index in [0.29, 0.717) is 23.8 Å². The van der Waals surface area contributed by atoms with Crippen LogP contribution in [0, 0.1) is 0 Å². The number of anilines is 1. The number of benzene rings is 1. The van der Waals surface area contributed by atoms with Crippen molar-refractivity contribution >= 4 is 33.2 Å². The highest BCUT2D eigenvalue weighted by atomic mass is 35.5. The normalized spacial score (nSPS) is 16.1. The summed E-state index contributed by atoms with van der Waals surface area (Å²) >= 11 is 6.22. The van der Waals surface area contributed by atoms with Crippen molar-refractivity contribution in [2.24, 2.45) is 0 Å². The first-order valence-electron chi connectivity index (χ1n) is 10.2. The Hall–Kier alpha value is -1.15. The van der Waals surface area contributed by atoms with Gasteiger partial charge in [0, 0.05) is 13.1 Å². The van der Waals surface area contributed by atoms with Crippen molar-refractivity contribution in [1.29, 1.82) is 0 Å². The number of hydrogen-bond donors (Lipinski definition) is 1. The van der Waals surface area contributed by atoms with E-state index in [9.17, 15) is 13.2 Å². The van der Waals surface area contributed by atoms with Crippen LogP contribution >= 0.6 is 11.6 Å². The number of halogens is 1. The summed E-state index contributed by atoms with van der Waals surface area (Å²) in [4.78, 5) is 14.7. The van der Waals surface area contributed by atoms with E-state index in [1.807, 2.05) is 6.92 Å². The van der Waals surface area contributed by atoms with Gasteiger partial charge in [-0.1, -0.05) is 44.7 Å². The van der Waals surface area contributed by atoms with Crippen LogP contribution in [0.1, 0.15) is 52.4 Å². The molecule has 0 aromatic heterocycles. The predicted octanol–water partition coefficient (Wildman–Crippen LogP) is 3.97. The Balaban J connectivity index is 2.12. The highest BCUT2D eigenvalue weighted by Crippen LogP contribution is 2.28. The standard InChI is InChI=1S/C20H32ClN3O3S/c1-3-5-12-23(4-2)16-20(25)22-19-15-17(10-11-18(19)21)28(26,27)24-13-8-6-7-9-14-24/h10-11,15H,3-9,12-14,16H2,1-2H3,(H,22,25). The third kappa shape index (κ3) is 6.44. The maximum absolute atomic E-state index is 13.0. The van der Waals surface area contributed by atoms with Gasteiger partial charge in [0.05, 0.1) is 22.2 Å². The Morgan fingerprint density at radius 2 is 1.86 bits per heavy atom. The van der Waals surface area contributed by atoms with Crippen molar-refractivity contribution in [2.45, 2.75) is 57.3 Å². The van der Waals surface area contributed by atoms with Crippen molar-refractivity contribution in [3.63, 3.8) is 0 Å². The van der Waals surface area contributed by atoms with Crippen LogP contribution in [0.25, 0.3) is 0 Å². The molecule has 0 radical (unpaired) electrons. The van der Waals surface area contributed by atoms with Crippen molar-refractivity contribution in [3.05, 3.63) is 23.2 Å². The fraction of sp³-hybridized carbons (Fsp3) is 0.650. The zero-order valence-electron chi connectivity index (χ0n) is 16.9. The largest absolute Gasteiger partial charge is 0.324 e. The van der Waals surface area contributed by atoms with E-state index in [4.69, 9.17) is 11.6 Å². The van der Waals surface area contributed by atoms with E-state index < -0.39 is 10.0 Å². The number of carbonyl (C=O) groups is 1. The Morgan fingerprint density at radius 3 is 2.46 bits per heavy atom. The second-order valence-electron chi connectivity index (χ2n) is 7.23. The SMILES string of the molecule is CCCCN(CC)CC(=O)Nc1cc(S(=O)(=O)N2CCCCCC2)ccc1Cl. The van der Waals surface area contributed by atoms with E-state index in [2.05, 4.69) is 17.1 Å². The second-order valence-corrected chi connectivity index (χ2v) is 9.58. The summed E-state index contributed by atoms with van der Waals surface area (Å²) in [5, 5.41) is 3.12. The zero-order chi connectivity index (χ0) is 20.6. The van der Waals surface area contributed by atoms with Crippen LogP contribution in [0.4, 0.5) is 5.69 Å². The van der Waals surface area contributed by atoms with Gasteiger partial charge in [-0.05, 0) is 50.6 Å². The van der Waals surface area contributed by atoms with E-state index >= 15 is 0 Å². The predicted molar refractivity (Wildman–Crippen MR) is 114 cm³/mol. The van der Waals surface area contributed by atoms with Gasteiger partial charge in [0.15, 0.2) is 0 Å². The van der Waals surface area contributed by atoms with Gasteiger partial charge in [0.2, 0.25) is 15.9 Å². The average Bonchev–Trinajstić information content (AvgIpc) is 2.96. The van der Waals surface area contributed by atoms with Gasteiger partial charge >= 0.3 is 0 Å². The minimum absolute atomic E-state index is 0.174. The summed E-state index contributed by atoms with van der Waals surface area (Å²) in [7, 11) is -3.59. The van der Waals surface area contributed by atoms with Gasteiger partial charge in [-0.25, -0.2) is 8.42 Å². The molecule has 0 saturated carbocycles. The van der Waals surface area contributed by atoms with Crippen molar-refractivity contribution in [1.82, 2.24) is 9.21 Å². The van der Waals surface area contributed by atoms with Crippen molar-refractivity contribution in [2.75, 3.05) is 38.0 Å². The van der Waals surface area contributed by atoms with Gasteiger partial charge in [-0.2, -0.15) is 4.31 Å². The fourth-order valence-electron chi connectivity index (χ4n) is 3.32. The zero-order valence-corrected chi connectivity index (χ0v) is 18.5. The number of likely N-dealkylation sites (N-methyl/N-ethyl adjacent to an activating group) is 1. The number of sulfonamides is 1. The molecule has 28 heavy (non-hydrogen) atoms. The van der Waals surface area contributed by atoms with Crippen LogP contribution in [0.5, 0.6) is 0 Å². The quantitative estimate of drug-likeness (QED) is 0.644. The van der Waals surface area contributed by atoms with Crippen LogP contribution in [0.3, 0.4) is 0 Å². The number of nitrogens with zero attached hydrogens (tertiary/aromatic N) is 2. The number of rotatable bonds is 9. The third-order valence-electron chi connectivity index (χ3n) is 5.06. The molecule has 1 N–H and O–H groups in total. The molecule has 0 unspecified atom stereocenters. The molecule has 1 aromatic rings. The molecule has 1 aliphatic heterocycles. The molecule has 1 fully saturated rings. The van der Waals surface area contributed by atoms with E-state index in [-0.39, 0.29) is 17.3 Å². The summed E-state index contributed by atoms with van der Waals surface area (Å²) in [5.74, 6) is -0.191. The number of carbonyl (C=O) groups excluding carboxylic acids is 1. The van der Waals surface area contributed by atoms with Crippen LogP contribution in [0.15, 0.2) is 23.1 Å². The van der Waals surface area contributed by atoms with Gasteiger partial charge < -0.3 is 5.32 Å². The Labute approximate surface area is 174 Å². The molecular formula is C20H32ClN3O3S. The van der Waals surface area contributed by atoms with Crippen molar-refractivity contribution in [3.8, 4) is 0 Å². The molecule has 6 nitrogen and oxygen atoms in total. The van der Waals surface area contributed by atoms with Crippen LogP contribution < -0.4 is 5.32 Å². The summed E-state index contributed by atoms with van der Waals surface area (Å²) in [6.45, 7) is 7.11. The Bertz CT molecular complexity index is 747. The molecule has 8 heteroatoms. The first kappa shape index (κ1) is 23.1. The molecule has 0 atom stereocenters. The lowest BCUT2D eigenvalue weighted by Gasteiger charge is -2.21. The van der Waals surface area contributed by atoms with Crippen LogP contribution in [0.2, 0.25) is 5.02 Å². The molecule has 1 heterocycles. The molecule has 0 aliphatic carbocycles. The highest BCUT2D eigenvalue weighted by molar-refractivity contribution is 7.89. The molecule has 2 rings (SSSR count). The maximum atomic E-state index is 13.0. The van der Waals surface area contributed by atoms with E-state index in [1.165, 1.54) is 18.2 Å². The lowest BCUT2D eigenvalue weighted by Crippen LogP contribution is -2.34. The minimum atomic E-state index is -3.59. The minimum Gasteiger partial charge on any atom is -0.324 e. The molecule has 1 aliphatic rings. The topological polar surface area (TPSA) is 69.7 Å². The summed E-state index contributed by atoms with van der Waals surface area (Å²) < 4.78 is 27.5. The summed E-state index contributed by atoms with van der Waals surface area (Å²) in [5.41, 5.74) is 0.342. The van der Waals surface area contributed by atoms with Crippen LogP contribution in [-0.2, 0) is 14.8 Å². The second kappa shape index (κ2) is 11.1.